The zero-order chi connectivity index (χ0) is 13.8. The Bertz CT molecular complexity index is 405. The summed E-state index contributed by atoms with van der Waals surface area (Å²) >= 11 is 0. The van der Waals surface area contributed by atoms with Crippen LogP contribution in [0.15, 0.2) is 18.5 Å². The van der Waals surface area contributed by atoms with Crippen molar-refractivity contribution in [3.63, 3.8) is 0 Å². The molecule has 0 amide bonds. The molecule has 0 aromatic carbocycles. The smallest absolute Gasteiger partial charge is 0.0313 e. The Morgan fingerprint density at radius 2 is 2.26 bits per heavy atom. The number of pyridine rings is 1. The second-order valence-electron chi connectivity index (χ2n) is 6.05. The van der Waals surface area contributed by atoms with Gasteiger partial charge in [-0.1, -0.05) is 26.3 Å². The highest BCUT2D eigenvalue weighted by Gasteiger charge is 2.27. The standard InChI is InChI=1S/C16H27N3/c1-5-13(3)16-11-19(14(4)8-18-16)10-15-6-12(2)7-17-9-15/h6-7,9,13-14,16,18H,5,8,10-11H2,1-4H3. The Balaban J connectivity index is 2.01. The summed E-state index contributed by atoms with van der Waals surface area (Å²) in [7, 11) is 0. The van der Waals surface area contributed by atoms with Crippen molar-refractivity contribution in [2.75, 3.05) is 13.1 Å². The largest absolute Gasteiger partial charge is 0.311 e. The van der Waals surface area contributed by atoms with E-state index >= 15 is 0 Å². The van der Waals surface area contributed by atoms with Gasteiger partial charge in [-0.15, -0.1) is 0 Å². The number of rotatable bonds is 4. The Labute approximate surface area is 117 Å². The van der Waals surface area contributed by atoms with Crippen molar-refractivity contribution in [2.24, 2.45) is 5.92 Å². The summed E-state index contributed by atoms with van der Waals surface area (Å²) < 4.78 is 0. The lowest BCUT2D eigenvalue weighted by molar-refractivity contribution is 0.111. The third-order valence-corrected chi connectivity index (χ3v) is 4.38. The zero-order valence-electron chi connectivity index (χ0n) is 12.7. The fraction of sp³-hybridized carbons (Fsp3) is 0.688. The van der Waals surface area contributed by atoms with E-state index in [4.69, 9.17) is 0 Å². The molecule has 1 saturated heterocycles. The van der Waals surface area contributed by atoms with Crippen LogP contribution in [0.2, 0.25) is 0 Å². The van der Waals surface area contributed by atoms with Crippen molar-refractivity contribution in [1.29, 1.82) is 0 Å². The first-order chi connectivity index (χ1) is 9.10. The Hall–Kier alpha value is -0.930. The van der Waals surface area contributed by atoms with Crippen LogP contribution in [0, 0.1) is 12.8 Å². The molecule has 0 aliphatic carbocycles. The first-order valence-corrected chi connectivity index (χ1v) is 7.48. The molecule has 1 fully saturated rings. The summed E-state index contributed by atoms with van der Waals surface area (Å²) in [5.74, 6) is 0.741. The molecule has 3 nitrogen and oxygen atoms in total. The molecular formula is C16H27N3. The summed E-state index contributed by atoms with van der Waals surface area (Å²) in [6, 6.07) is 3.47. The minimum Gasteiger partial charge on any atom is -0.311 e. The Kier molecular flexibility index (Phi) is 4.94. The number of piperazine rings is 1. The second-order valence-corrected chi connectivity index (χ2v) is 6.05. The molecule has 1 aliphatic heterocycles. The number of hydrogen-bond acceptors (Lipinski definition) is 3. The van der Waals surface area contributed by atoms with Gasteiger partial charge >= 0.3 is 0 Å². The molecule has 1 N–H and O–H groups in total. The second kappa shape index (κ2) is 6.49. The first-order valence-electron chi connectivity index (χ1n) is 7.48. The molecule has 3 atom stereocenters. The lowest BCUT2D eigenvalue weighted by Gasteiger charge is -2.41. The number of aromatic nitrogens is 1. The summed E-state index contributed by atoms with van der Waals surface area (Å²) in [5, 5.41) is 3.69. The number of nitrogens with one attached hydrogen (secondary N) is 1. The topological polar surface area (TPSA) is 28.2 Å². The van der Waals surface area contributed by atoms with Crippen LogP contribution in [0.5, 0.6) is 0 Å². The summed E-state index contributed by atoms with van der Waals surface area (Å²) in [5.41, 5.74) is 2.58. The van der Waals surface area contributed by atoms with Gasteiger partial charge in [0, 0.05) is 44.1 Å². The van der Waals surface area contributed by atoms with Crippen LogP contribution in [-0.2, 0) is 6.54 Å². The van der Waals surface area contributed by atoms with Gasteiger partial charge in [-0.25, -0.2) is 0 Å². The van der Waals surface area contributed by atoms with Gasteiger partial charge in [0.05, 0.1) is 0 Å². The summed E-state index contributed by atoms with van der Waals surface area (Å²) in [4.78, 5) is 6.89. The van der Waals surface area contributed by atoms with E-state index in [0.717, 1.165) is 25.6 Å². The maximum absolute atomic E-state index is 4.30. The van der Waals surface area contributed by atoms with Crippen molar-refractivity contribution in [3.05, 3.63) is 29.6 Å². The van der Waals surface area contributed by atoms with Crippen LogP contribution >= 0.6 is 0 Å². The van der Waals surface area contributed by atoms with Crippen LogP contribution < -0.4 is 5.32 Å². The quantitative estimate of drug-likeness (QED) is 0.903. The molecule has 1 aromatic rings. The molecule has 0 radical (unpaired) electrons. The predicted octanol–water partition coefficient (Wildman–Crippen LogP) is 2.60. The molecule has 3 heteroatoms. The van der Waals surface area contributed by atoms with Crippen LogP contribution in [-0.4, -0.2) is 35.1 Å². The van der Waals surface area contributed by atoms with Gasteiger partial charge in [-0.3, -0.25) is 9.88 Å². The van der Waals surface area contributed by atoms with Crippen LogP contribution in [0.3, 0.4) is 0 Å². The number of nitrogens with zero attached hydrogens (tertiary/aromatic N) is 2. The fourth-order valence-electron chi connectivity index (χ4n) is 2.77. The van der Waals surface area contributed by atoms with Crippen molar-refractivity contribution in [3.8, 4) is 0 Å². The Morgan fingerprint density at radius 1 is 1.47 bits per heavy atom. The fourth-order valence-corrected chi connectivity index (χ4v) is 2.77. The average Bonchev–Trinajstić information content (AvgIpc) is 2.40. The van der Waals surface area contributed by atoms with Crippen molar-refractivity contribution in [1.82, 2.24) is 15.2 Å². The van der Waals surface area contributed by atoms with Crippen LogP contribution in [0.4, 0.5) is 0 Å². The molecule has 3 unspecified atom stereocenters. The maximum Gasteiger partial charge on any atom is 0.0313 e. The van der Waals surface area contributed by atoms with Gasteiger partial charge in [0.25, 0.3) is 0 Å². The van der Waals surface area contributed by atoms with E-state index in [0.29, 0.717) is 12.1 Å². The van der Waals surface area contributed by atoms with E-state index in [9.17, 15) is 0 Å². The zero-order valence-corrected chi connectivity index (χ0v) is 12.7. The van der Waals surface area contributed by atoms with Gasteiger partial charge < -0.3 is 5.32 Å². The van der Waals surface area contributed by atoms with Crippen LogP contribution in [0.1, 0.15) is 38.3 Å². The van der Waals surface area contributed by atoms with Gasteiger partial charge in [0.15, 0.2) is 0 Å². The van der Waals surface area contributed by atoms with E-state index in [1.54, 1.807) is 0 Å². The summed E-state index contributed by atoms with van der Waals surface area (Å²) in [6.07, 6.45) is 5.17. The minimum absolute atomic E-state index is 0.598. The molecule has 0 saturated carbocycles. The molecule has 0 bridgehead atoms. The maximum atomic E-state index is 4.30. The average molecular weight is 261 g/mol. The molecule has 1 aromatic heterocycles. The molecule has 19 heavy (non-hydrogen) atoms. The molecule has 2 heterocycles. The molecular weight excluding hydrogens is 234 g/mol. The van der Waals surface area contributed by atoms with Crippen molar-refractivity contribution >= 4 is 0 Å². The lowest BCUT2D eigenvalue weighted by Crippen LogP contribution is -2.56. The minimum atomic E-state index is 0.598. The predicted molar refractivity (Wildman–Crippen MR) is 80.1 cm³/mol. The van der Waals surface area contributed by atoms with Crippen molar-refractivity contribution in [2.45, 2.75) is 52.7 Å². The lowest BCUT2D eigenvalue weighted by atomic mass is 9.95. The SMILES string of the molecule is CCC(C)C1CN(Cc2cncc(C)c2)C(C)CN1. The first kappa shape index (κ1) is 14.5. The normalized spacial score (nSPS) is 26.3. The molecule has 0 spiro atoms. The van der Waals surface area contributed by atoms with E-state index in [2.05, 4.69) is 49.0 Å². The highest BCUT2D eigenvalue weighted by Crippen LogP contribution is 2.17. The van der Waals surface area contributed by atoms with E-state index in [-0.39, 0.29) is 0 Å². The van der Waals surface area contributed by atoms with E-state index in [1.165, 1.54) is 17.5 Å². The third-order valence-electron chi connectivity index (χ3n) is 4.38. The van der Waals surface area contributed by atoms with Crippen LogP contribution in [0.25, 0.3) is 0 Å². The van der Waals surface area contributed by atoms with Gasteiger partial charge in [0.1, 0.15) is 0 Å². The van der Waals surface area contributed by atoms with Crippen molar-refractivity contribution < 1.29 is 0 Å². The monoisotopic (exact) mass is 261 g/mol. The van der Waals surface area contributed by atoms with Gasteiger partial charge in [-0.05, 0) is 30.9 Å². The van der Waals surface area contributed by atoms with E-state index < -0.39 is 0 Å². The Morgan fingerprint density at radius 3 is 2.95 bits per heavy atom. The molecule has 2 rings (SSSR count). The van der Waals surface area contributed by atoms with E-state index in [1.807, 2.05) is 12.4 Å². The van der Waals surface area contributed by atoms with Gasteiger partial charge in [-0.2, -0.15) is 0 Å². The molecule has 1 aliphatic rings. The third kappa shape index (κ3) is 3.77. The van der Waals surface area contributed by atoms with Gasteiger partial charge in [0.2, 0.25) is 0 Å². The number of hydrogen-bond donors (Lipinski definition) is 1. The molecule has 106 valence electrons. The summed E-state index contributed by atoms with van der Waals surface area (Å²) in [6.45, 7) is 12.3. The highest BCUT2D eigenvalue weighted by molar-refractivity contribution is 5.16. The highest BCUT2D eigenvalue weighted by atomic mass is 15.2. The number of aryl methyl sites for hydroxylation is 1.